The lowest BCUT2D eigenvalue weighted by atomic mass is 10.2. The van der Waals surface area contributed by atoms with Gasteiger partial charge in [0, 0.05) is 46.2 Å². The first-order valence-corrected chi connectivity index (χ1v) is 8.31. The van der Waals surface area contributed by atoms with Crippen LogP contribution in [-0.2, 0) is 11.3 Å². The molecule has 1 amide bonds. The van der Waals surface area contributed by atoms with Crippen LogP contribution in [0.1, 0.15) is 24.3 Å². The summed E-state index contributed by atoms with van der Waals surface area (Å²) in [5.74, 6) is 0.0386. The first kappa shape index (κ1) is 15.1. The minimum absolute atomic E-state index is 0.000197. The molecule has 0 spiro atoms. The van der Waals surface area contributed by atoms with Crippen molar-refractivity contribution < 1.29 is 4.79 Å². The molecule has 6 heteroatoms. The van der Waals surface area contributed by atoms with Gasteiger partial charge in [-0.25, -0.2) is 0 Å². The Balaban J connectivity index is 1.60. The van der Waals surface area contributed by atoms with Crippen molar-refractivity contribution in [2.75, 3.05) is 0 Å². The highest BCUT2D eigenvalue weighted by Gasteiger charge is 2.11. The molecule has 0 fully saturated rings. The highest BCUT2D eigenvalue weighted by Crippen LogP contribution is 2.21. The number of nitrogens with one attached hydrogen (secondary N) is 1. The summed E-state index contributed by atoms with van der Waals surface area (Å²) in [5, 5.41) is 4.81. The van der Waals surface area contributed by atoms with E-state index >= 15 is 0 Å². The van der Waals surface area contributed by atoms with Gasteiger partial charge < -0.3 is 9.88 Å². The quantitative estimate of drug-likeness (QED) is 0.766. The van der Waals surface area contributed by atoms with Crippen LogP contribution in [0.3, 0.4) is 0 Å². The summed E-state index contributed by atoms with van der Waals surface area (Å²) >= 11 is 7.53. The van der Waals surface area contributed by atoms with E-state index in [1.54, 1.807) is 23.0 Å². The van der Waals surface area contributed by atoms with Crippen molar-refractivity contribution in [3.8, 4) is 0 Å². The Morgan fingerprint density at radius 1 is 1.45 bits per heavy atom. The third kappa shape index (κ3) is 3.31. The van der Waals surface area contributed by atoms with Crippen molar-refractivity contribution in [1.29, 1.82) is 0 Å². The number of fused-ring (bicyclic) bond motifs is 1. The second kappa shape index (κ2) is 6.50. The maximum Gasteiger partial charge on any atom is 0.222 e. The van der Waals surface area contributed by atoms with Gasteiger partial charge in [0.05, 0.1) is 11.6 Å². The minimum Gasteiger partial charge on any atom is -0.349 e. The fraction of sp³-hybridized carbons (Fsp3) is 0.250. The molecule has 2 aromatic heterocycles. The topological polar surface area (TPSA) is 46.9 Å². The molecule has 1 atom stereocenters. The number of aryl methyl sites for hydroxylation is 1. The van der Waals surface area contributed by atoms with Crippen LogP contribution in [0.25, 0.3) is 10.9 Å². The average Bonchev–Trinajstić information content (AvgIpc) is 3.14. The number of amides is 1. The Kier molecular flexibility index (Phi) is 4.45. The lowest BCUT2D eigenvalue weighted by Gasteiger charge is -2.12. The Bertz CT molecular complexity index is 782. The summed E-state index contributed by atoms with van der Waals surface area (Å²) in [4.78, 5) is 17.2. The molecule has 0 radical (unpaired) electrons. The zero-order valence-corrected chi connectivity index (χ0v) is 13.7. The Morgan fingerprint density at radius 3 is 3.09 bits per heavy atom. The molecule has 0 aliphatic heterocycles. The zero-order valence-electron chi connectivity index (χ0n) is 12.1. The van der Waals surface area contributed by atoms with Gasteiger partial charge in [-0.1, -0.05) is 11.6 Å². The number of rotatable bonds is 5. The molecule has 3 rings (SSSR count). The van der Waals surface area contributed by atoms with E-state index in [1.165, 1.54) is 0 Å². The van der Waals surface area contributed by atoms with Gasteiger partial charge in [-0.15, -0.1) is 11.3 Å². The summed E-state index contributed by atoms with van der Waals surface area (Å²) in [6.07, 6.45) is 4.22. The first-order chi connectivity index (χ1) is 10.6. The summed E-state index contributed by atoms with van der Waals surface area (Å²) in [7, 11) is 0. The van der Waals surface area contributed by atoms with Gasteiger partial charge in [-0.3, -0.25) is 9.78 Å². The number of thiazole rings is 1. The van der Waals surface area contributed by atoms with Gasteiger partial charge in [0.2, 0.25) is 5.91 Å². The smallest absolute Gasteiger partial charge is 0.222 e. The van der Waals surface area contributed by atoms with E-state index in [9.17, 15) is 4.79 Å². The zero-order chi connectivity index (χ0) is 15.5. The molecule has 0 aliphatic carbocycles. The fourth-order valence-corrected chi connectivity index (χ4v) is 3.22. The van der Waals surface area contributed by atoms with Gasteiger partial charge in [-0.05, 0) is 31.2 Å². The number of hydrogen-bond acceptors (Lipinski definition) is 3. The number of benzene rings is 1. The molecule has 0 unspecified atom stereocenters. The Hall–Kier alpha value is -1.85. The summed E-state index contributed by atoms with van der Waals surface area (Å²) < 4.78 is 2.07. The molecular formula is C16H16ClN3OS. The van der Waals surface area contributed by atoms with E-state index < -0.39 is 0 Å². The van der Waals surface area contributed by atoms with Crippen LogP contribution in [-0.4, -0.2) is 15.5 Å². The van der Waals surface area contributed by atoms with Crippen LogP contribution in [0.5, 0.6) is 0 Å². The maximum atomic E-state index is 12.1. The highest BCUT2D eigenvalue weighted by molar-refractivity contribution is 7.09. The Labute approximate surface area is 137 Å². The number of nitrogens with zero attached hydrogens (tertiary/aromatic N) is 2. The largest absolute Gasteiger partial charge is 0.349 e. The number of carbonyl (C=O) groups is 1. The first-order valence-electron chi connectivity index (χ1n) is 7.05. The second-order valence-corrected chi connectivity index (χ2v) is 6.51. The van der Waals surface area contributed by atoms with Crippen molar-refractivity contribution in [3.05, 3.63) is 52.1 Å². The normalized spacial score (nSPS) is 12.5. The second-order valence-electron chi connectivity index (χ2n) is 5.16. The molecule has 4 nitrogen and oxygen atoms in total. The molecule has 2 heterocycles. The third-order valence-corrected chi connectivity index (χ3v) is 4.76. The summed E-state index contributed by atoms with van der Waals surface area (Å²) in [5.41, 5.74) is 2.86. The highest BCUT2D eigenvalue weighted by atomic mass is 35.5. The number of carbonyl (C=O) groups excluding carboxylic acids is 1. The third-order valence-electron chi connectivity index (χ3n) is 3.57. The molecule has 22 heavy (non-hydrogen) atoms. The molecule has 0 saturated carbocycles. The monoisotopic (exact) mass is 333 g/mol. The van der Waals surface area contributed by atoms with Crippen molar-refractivity contribution in [1.82, 2.24) is 14.9 Å². The summed E-state index contributed by atoms with van der Waals surface area (Å²) in [6.45, 7) is 2.62. The molecule has 0 aliphatic rings. The lowest BCUT2D eigenvalue weighted by molar-refractivity contribution is -0.121. The van der Waals surface area contributed by atoms with Gasteiger partial charge in [0.15, 0.2) is 0 Å². The van der Waals surface area contributed by atoms with E-state index in [1.807, 2.05) is 37.4 Å². The van der Waals surface area contributed by atoms with Crippen LogP contribution in [0.15, 0.2) is 42.2 Å². The Morgan fingerprint density at radius 2 is 2.32 bits per heavy atom. The van der Waals surface area contributed by atoms with Crippen LogP contribution in [0, 0.1) is 0 Å². The van der Waals surface area contributed by atoms with Gasteiger partial charge in [-0.2, -0.15) is 0 Å². The standard InChI is InChI=1S/C16H16ClN3OS/c1-11(15-9-18-10-22-15)19-16(21)5-7-20-6-4-12-8-13(17)2-3-14(12)20/h2-4,6,8-11H,5,7H2,1H3,(H,19,21)/t11-/m0/s1. The average molecular weight is 334 g/mol. The van der Waals surface area contributed by atoms with E-state index in [0.717, 1.165) is 20.8 Å². The number of hydrogen-bond donors (Lipinski definition) is 1. The van der Waals surface area contributed by atoms with E-state index in [-0.39, 0.29) is 11.9 Å². The number of halogens is 1. The van der Waals surface area contributed by atoms with Gasteiger partial charge in [0.1, 0.15) is 0 Å². The van der Waals surface area contributed by atoms with E-state index in [2.05, 4.69) is 14.9 Å². The van der Waals surface area contributed by atoms with Crippen molar-refractivity contribution in [2.45, 2.75) is 25.9 Å². The fourth-order valence-electron chi connectivity index (χ4n) is 2.41. The summed E-state index contributed by atoms with van der Waals surface area (Å²) in [6, 6.07) is 7.79. The van der Waals surface area contributed by atoms with Gasteiger partial charge >= 0.3 is 0 Å². The molecule has 1 N–H and O–H groups in total. The van der Waals surface area contributed by atoms with Crippen molar-refractivity contribution in [2.24, 2.45) is 0 Å². The van der Waals surface area contributed by atoms with Crippen LogP contribution in [0.2, 0.25) is 5.02 Å². The SMILES string of the molecule is C[C@H](NC(=O)CCn1ccc2cc(Cl)ccc21)c1cncs1. The molecule has 0 bridgehead atoms. The van der Waals surface area contributed by atoms with Crippen LogP contribution < -0.4 is 5.32 Å². The predicted molar refractivity (Wildman–Crippen MR) is 90.2 cm³/mol. The molecule has 114 valence electrons. The number of aromatic nitrogens is 2. The van der Waals surface area contributed by atoms with Crippen LogP contribution in [0.4, 0.5) is 0 Å². The van der Waals surface area contributed by atoms with Crippen LogP contribution >= 0.6 is 22.9 Å². The molecule has 1 aromatic carbocycles. The molecule has 3 aromatic rings. The van der Waals surface area contributed by atoms with Crippen molar-refractivity contribution in [3.63, 3.8) is 0 Å². The lowest BCUT2D eigenvalue weighted by Crippen LogP contribution is -2.26. The molecular weight excluding hydrogens is 318 g/mol. The predicted octanol–water partition coefficient (Wildman–Crippen LogP) is 4.02. The minimum atomic E-state index is 0.000197. The van der Waals surface area contributed by atoms with Gasteiger partial charge in [0.25, 0.3) is 0 Å². The maximum absolute atomic E-state index is 12.1. The van der Waals surface area contributed by atoms with E-state index in [0.29, 0.717) is 13.0 Å². The molecule has 0 saturated heterocycles. The van der Waals surface area contributed by atoms with E-state index in [4.69, 9.17) is 11.6 Å². The van der Waals surface area contributed by atoms with Crippen molar-refractivity contribution >= 4 is 39.7 Å².